The molecule has 0 heterocycles. The first-order valence-electron chi connectivity index (χ1n) is 9.71. The number of hydrogen-bond acceptors (Lipinski definition) is 3. The third-order valence-electron chi connectivity index (χ3n) is 8.41. The van der Waals surface area contributed by atoms with Crippen molar-refractivity contribution in [1.29, 1.82) is 0 Å². The van der Waals surface area contributed by atoms with Crippen molar-refractivity contribution in [3.05, 3.63) is 11.6 Å². The second-order valence-electron chi connectivity index (χ2n) is 9.41. The summed E-state index contributed by atoms with van der Waals surface area (Å²) in [5.41, 5.74) is 1.28. The number of aliphatic hydroxyl groups is 1. The van der Waals surface area contributed by atoms with Gasteiger partial charge in [-0.15, -0.1) is 0 Å². The van der Waals surface area contributed by atoms with Crippen LogP contribution in [-0.4, -0.2) is 22.8 Å². The highest BCUT2D eigenvalue weighted by Crippen LogP contribution is 2.65. The lowest BCUT2D eigenvalue weighted by Crippen LogP contribution is -2.53. The molecule has 3 heteroatoms. The van der Waals surface area contributed by atoms with Gasteiger partial charge in [0, 0.05) is 11.8 Å². The first-order valence-corrected chi connectivity index (χ1v) is 9.71. The molecule has 0 aromatic heterocycles. The average Bonchev–Trinajstić information content (AvgIpc) is 2.86. The zero-order valence-corrected chi connectivity index (χ0v) is 15.2. The van der Waals surface area contributed by atoms with Crippen molar-refractivity contribution in [1.82, 2.24) is 0 Å². The van der Waals surface area contributed by atoms with Crippen LogP contribution in [0.4, 0.5) is 0 Å². The summed E-state index contributed by atoms with van der Waals surface area (Å²) in [6, 6.07) is 0. The third kappa shape index (κ3) is 2.06. The van der Waals surface area contributed by atoms with E-state index in [1.807, 2.05) is 6.08 Å². The summed E-state index contributed by atoms with van der Waals surface area (Å²) in [6.45, 7) is 6.33. The van der Waals surface area contributed by atoms with Crippen LogP contribution in [0, 0.1) is 34.5 Å². The smallest absolute Gasteiger partial charge is 0.159 e. The van der Waals surface area contributed by atoms with Crippen molar-refractivity contribution >= 4 is 11.6 Å². The van der Waals surface area contributed by atoms with E-state index in [0.717, 1.165) is 38.5 Å². The molecule has 4 aliphatic rings. The van der Waals surface area contributed by atoms with Gasteiger partial charge < -0.3 is 5.11 Å². The molecule has 0 saturated heterocycles. The van der Waals surface area contributed by atoms with Gasteiger partial charge in [-0.05, 0) is 80.6 Å². The topological polar surface area (TPSA) is 54.4 Å². The van der Waals surface area contributed by atoms with E-state index in [2.05, 4.69) is 13.8 Å². The van der Waals surface area contributed by atoms with Crippen molar-refractivity contribution < 1.29 is 14.7 Å². The molecule has 0 spiro atoms. The molecular formula is C21H30O3. The van der Waals surface area contributed by atoms with Gasteiger partial charge in [0.1, 0.15) is 5.78 Å². The summed E-state index contributed by atoms with van der Waals surface area (Å²) in [5, 5.41) is 10.0. The van der Waals surface area contributed by atoms with Gasteiger partial charge in [-0.2, -0.15) is 0 Å². The van der Waals surface area contributed by atoms with E-state index in [-0.39, 0.29) is 34.6 Å². The zero-order chi connectivity index (χ0) is 17.3. The first kappa shape index (κ1) is 16.5. The van der Waals surface area contributed by atoms with Gasteiger partial charge in [-0.1, -0.05) is 19.4 Å². The van der Waals surface area contributed by atoms with E-state index >= 15 is 0 Å². The SMILES string of the molecule is CC(=O)[C@H]1CC[C@H]2[C@@H]3C(=O)C=C4C[C@@H](O)CCC4(C)[C@H]3CC[C@]12C. The van der Waals surface area contributed by atoms with Crippen molar-refractivity contribution in [2.24, 2.45) is 34.5 Å². The molecule has 1 N–H and O–H groups in total. The number of allylic oxidation sites excluding steroid dienone is 1. The zero-order valence-electron chi connectivity index (χ0n) is 15.2. The molecule has 3 fully saturated rings. The Morgan fingerprint density at radius 2 is 1.88 bits per heavy atom. The Labute approximate surface area is 144 Å². The van der Waals surface area contributed by atoms with Crippen LogP contribution in [0.5, 0.6) is 0 Å². The molecule has 0 amide bonds. The summed E-state index contributed by atoms with van der Waals surface area (Å²) in [7, 11) is 0. The normalized spacial score (nSPS) is 50.6. The van der Waals surface area contributed by atoms with Gasteiger partial charge in [0.15, 0.2) is 5.78 Å². The Morgan fingerprint density at radius 3 is 2.58 bits per heavy atom. The predicted octanol–water partition coefficient (Wildman–Crippen LogP) is 3.69. The minimum absolute atomic E-state index is 0.0124. The number of fused-ring (bicyclic) bond motifs is 5. The Kier molecular flexibility index (Phi) is 3.62. The highest BCUT2D eigenvalue weighted by Gasteiger charge is 2.61. The highest BCUT2D eigenvalue weighted by molar-refractivity contribution is 5.95. The van der Waals surface area contributed by atoms with E-state index in [9.17, 15) is 14.7 Å². The van der Waals surface area contributed by atoms with Gasteiger partial charge in [-0.25, -0.2) is 0 Å². The minimum atomic E-state index is -0.281. The second-order valence-corrected chi connectivity index (χ2v) is 9.41. The van der Waals surface area contributed by atoms with Crippen LogP contribution in [0.15, 0.2) is 11.6 Å². The molecule has 3 nitrogen and oxygen atoms in total. The van der Waals surface area contributed by atoms with Crippen molar-refractivity contribution in [3.8, 4) is 0 Å². The maximum absolute atomic E-state index is 13.1. The van der Waals surface area contributed by atoms with Gasteiger partial charge in [0.2, 0.25) is 0 Å². The molecule has 24 heavy (non-hydrogen) atoms. The van der Waals surface area contributed by atoms with Crippen LogP contribution in [0.3, 0.4) is 0 Å². The van der Waals surface area contributed by atoms with Crippen LogP contribution in [0.1, 0.15) is 65.7 Å². The highest BCUT2D eigenvalue weighted by atomic mass is 16.3. The van der Waals surface area contributed by atoms with Gasteiger partial charge in [-0.3, -0.25) is 9.59 Å². The molecule has 3 saturated carbocycles. The lowest BCUT2D eigenvalue weighted by molar-refractivity contribution is -0.138. The first-order chi connectivity index (χ1) is 11.3. The van der Waals surface area contributed by atoms with Crippen LogP contribution in [0.2, 0.25) is 0 Å². The van der Waals surface area contributed by atoms with Crippen LogP contribution in [-0.2, 0) is 9.59 Å². The monoisotopic (exact) mass is 330 g/mol. The van der Waals surface area contributed by atoms with E-state index in [0.29, 0.717) is 24.0 Å². The Balaban J connectivity index is 1.73. The fraction of sp³-hybridized carbons (Fsp3) is 0.810. The molecule has 0 aliphatic heterocycles. The standard InChI is InChI=1S/C21H30O3/c1-12(22)15-4-5-16-19-17(7-9-21(15,16)3)20(2)8-6-14(23)10-13(20)11-18(19)24/h11,14-17,19,23H,4-10H2,1-3H3/t14-,15+,16-,17-,19-,20?,21+/m0/s1. The van der Waals surface area contributed by atoms with E-state index in [4.69, 9.17) is 0 Å². The summed E-state index contributed by atoms with van der Waals surface area (Å²) in [4.78, 5) is 25.2. The number of carbonyl (C=O) groups excluding carboxylic acids is 2. The Bertz CT molecular complexity index is 621. The largest absolute Gasteiger partial charge is 0.393 e. The van der Waals surface area contributed by atoms with E-state index in [1.165, 1.54) is 5.57 Å². The summed E-state index contributed by atoms with van der Waals surface area (Å²) in [6.07, 6.45) is 8.22. The number of ketones is 2. The third-order valence-corrected chi connectivity index (χ3v) is 8.41. The molecule has 1 unspecified atom stereocenters. The fourth-order valence-corrected chi connectivity index (χ4v) is 7.05. The fourth-order valence-electron chi connectivity index (χ4n) is 7.05. The quantitative estimate of drug-likeness (QED) is 0.797. The Morgan fingerprint density at radius 1 is 1.12 bits per heavy atom. The molecule has 4 aliphatic carbocycles. The molecule has 0 aromatic carbocycles. The summed E-state index contributed by atoms with van der Waals surface area (Å²) >= 11 is 0. The molecule has 7 atom stereocenters. The number of aliphatic hydroxyl groups excluding tert-OH is 1. The molecule has 0 bridgehead atoms. The van der Waals surface area contributed by atoms with Crippen molar-refractivity contribution in [2.75, 3.05) is 0 Å². The second kappa shape index (κ2) is 5.27. The molecule has 0 radical (unpaired) electrons. The van der Waals surface area contributed by atoms with Crippen molar-refractivity contribution in [3.63, 3.8) is 0 Å². The molecule has 0 aromatic rings. The number of hydrogen-bond donors (Lipinski definition) is 1. The maximum Gasteiger partial charge on any atom is 0.159 e. The molecule has 4 rings (SSSR count). The average molecular weight is 330 g/mol. The molecular weight excluding hydrogens is 300 g/mol. The maximum atomic E-state index is 13.1. The van der Waals surface area contributed by atoms with Gasteiger partial charge >= 0.3 is 0 Å². The predicted molar refractivity (Wildman–Crippen MR) is 92.3 cm³/mol. The van der Waals surface area contributed by atoms with Crippen LogP contribution in [0.25, 0.3) is 0 Å². The number of Topliss-reactive ketones (excluding diaryl/α,β-unsaturated/α-hetero) is 1. The van der Waals surface area contributed by atoms with Crippen LogP contribution < -0.4 is 0 Å². The summed E-state index contributed by atoms with van der Waals surface area (Å²) in [5.74, 6) is 1.59. The summed E-state index contributed by atoms with van der Waals surface area (Å²) < 4.78 is 0. The lowest BCUT2D eigenvalue weighted by atomic mass is 9.47. The van der Waals surface area contributed by atoms with Crippen molar-refractivity contribution in [2.45, 2.75) is 71.8 Å². The number of carbonyl (C=O) groups is 2. The van der Waals surface area contributed by atoms with Crippen LogP contribution >= 0.6 is 0 Å². The van der Waals surface area contributed by atoms with Gasteiger partial charge in [0.05, 0.1) is 6.10 Å². The minimum Gasteiger partial charge on any atom is -0.393 e. The number of rotatable bonds is 1. The molecule has 132 valence electrons. The van der Waals surface area contributed by atoms with Gasteiger partial charge in [0.25, 0.3) is 0 Å². The van der Waals surface area contributed by atoms with E-state index < -0.39 is 0 Å². The lowest BCUT2D eigenvalue weighted by Gasteiger charge is -2.57. The van der Waals surface area contributed by atoms with E-state index in [1.54, 1.807) is 6.92 Å². The Hall–Kier alpha value is -0.960.